The van der Waals surface area contributed by atoms with Crippen molar-refractivity contribution in [2.45, 2.75) is 43.2 Å². The molecule has 0 amide bonds. The third-order valence-electron chi connectivity index (χ3n) is 5.69. The molecular formula is C23H27ClN2O5S. The summed E-state index contributed by atoms with van der Waals surface area (Å²) >= 11 is 6.36. The molecule has 1 aromatic heterocycles. The fourth-order valence-electron chi connectivity index (χ4n) is 3.66. The Morgan fingerprint density at radius 1 is 1.16 bits per heavy atom. The normalized spacial score (nSPS) is 14.8. The SMILES string of the molecule is COC(=O)C(C)S(=O)(=O)c1ccc([C@@H](C)NC(O)c2cc3c(Cl)cc(C)cc3n2C)cc1. The molecule has 0 aliphatic heterocycles. The van der Waals surface area contributed by atoms with Crippen LogP contribution in [0.4, 0.5) is 0 Å². The van der Waals surface area contributed by atoms with Crippen molar-refractivity contribution in [3.63, 3.8) is 0 Å². The number of fused-ring (bicyclic) bond motifs is 1. The highest BCUT2D eigenvalue weighted by molar-refractivity contribution is 7.92. The Morgan fingerprint density at radius 2 is 1.78 bits per heavy atom. The van der Waals surface area contributed by atoms with Gasteiger partial charge in [0, 0.05) is 24.0 Å². The second-order valence-corrected chi connectivity index (χ2v) is 10.6. The Balaban J connectivity index is 1.80. The van der Waals surface area contributed by atoms with Crippen LogP contribution < -0.4 is 5.32 Å². The lowest BCUT2D eigenvalue weighted by atomic mass is 10.1. The number of aromatic nitrogens is 1. The van der Waals surface area contributed by atoms with Gasteiger partial charge in [0.15, 0.2) is 15.1 Å². The quantitative estimate of drug-likeness (QED) is 0.396. The fraction of sp³-hybridized carbons (Fsp3) is 0.348. The van der Waals surface area contributed by atoms with Crippen LogP contribution in [0.1, 0.15) is 42.9 Å². The summed E-state index contributed by atoms with van der Waals surface area (Å²) < 4.78 is 31.6. The van der Waals surface area contributed by atoms with Gasteiger partial charge in [-0.2, -0.15) is 0 Å². The number of ether oxygens (including phenoxy) is 1. The summed E-state index contributed by atoms with van der Waals surface area (Å²) in [4.78, 5) is 11.7. The summed E-state index contributed by atoms with van der Waals surface area (Å²) in [5.74, 6) is -0.808. The van der Waals surface area contributed by atoms with Crippen LogP contribution in [-0.4, -0.2) is 36.4 Å². The molecule has 3 aromatic rings. The molecule has 0 aliphatic rings. The molecule has 0 aliphatic carbocycles. The van der Waals surface area contributed by atoms with E-state index in [1.54, 1.807) is 12.1 Å². The Morgan fingerprint density at radius 3 is 2.38 bits per heavy atom. The van der Waals surface area contributed by atoms with Gasteiger partial charge in [0.2, 0.25) is 0 Å². The van der Waals surface area contributed by atoms with E-state index < -0.39 is 27.3 Å². The van der Waals surface area contributed by atoms with Crippen molar-refractivity contribution >= 4 is 38.3 Å². The lowest BCUT2D eigenvalue weighted by molar-refractivity contribution is -0.139. The third kappa shape index (κ3) is 4.54. The summed E-state index contributed by atoms with van der Waals surface area (Å²) in [6.45, 7) is 5.13. The fourth-order valence-corrected chi connectivity index (χ4v) is 5.26. The summed E-state index contributed by atoms with van der Waals surface area (Å²) in [5.41, 5.74) is 3.39. The number of carbonyl (C=O) groups is 1. The monoisotopic (exact) mass is 478 g/mol. The molecule has 172 valence electrons. The van der Waals surface area contributed by atoms with Crippen LogP contribution in [0, 0.1) is 6.92 Å². The molecule has 7 nitrogen and oxygen atoms in total. The molecule has 0 radical (unpaired) electrons. The van der Waals surface area contributed by atoms with Crippen molar-refractivity contribution in [1.82, 2.24) is 9.88 Å². The molecule has 0 saturated heterocycles. The first-order valence-corrected chi connectivity index (χ1v) is 12.0. The predicted molar refractivity (Wildman–Crippen MR) is 124 cm³/mol. The summed E-state index contributed by atoms with van der Waals surface area (Å²) in [5, 5.41) is 14.1. The largest absolute Gasteiger partial charge is 0.468 e. The highest BCUT2D eigenvalue weighted by atomic mass is 35.5. The second-order valence-electron chi connectivity index (χ2n) is 7.88. The summed E-state index contributed by atoms with van der Waals surface area (Å²) in [6, 6.07) is 11.7. The maximum Gasteiger partial charge on any atom is 0.324 e. The molecular weight excluding hydrogens is 452 g/mol. The first-order chi connectivity index (χ1) is 15.0. The molecule has 1 heterocycles. The van der Waals surface area contributed by atoms with Gasteiger partial charge in [0.1, 0.15) is 6.23 Å². The van der Waals surface area contributed by atoms with Crippen LogP contribution in [0.25, 0.3) is 10.9 Å². The van der Waals surface area contributed by atoms with E-state index in [0.717, 1.165) is 29.1 Å². The minimum Gasteiger partial charge on any atom is -0.468 e. The van der Waals surface area contributed by atoms with Crippen LogP contribution in [0.3, 0.4) is 0 Å². The molecule has 2 aromatic carbocycles. The minimum absolute atomic E-state index is 0.0330. The van der Waals surface area contributed by atoms with E-state index in [-0.39, 0.29) is 10.9 Å². The molecule has 32 heavy (non-hydrogen) atoms. The topological polar surface area (TPSA) is 97.6 Å². The number of aliphatic hydroxyl groups is 1. The van der Waals surface area contributed by atoms with Gasteiger partial charge in [0.05, 0.1) is 22.7 Å². The molecule has 2 unspecified atom stereocenters. The van der Waals surface area contributed by atoms with Gasteiger partial charge in [-0.25, -0.2) is 8.42 Å². The maximum absolute atomic E-state index is 12.6. The van der Waals surface area contributed by atoms with Gasteiger partial charge < -0.3 is 14.4 Å². The number of esters is 1. The molecule has 9 heteroatoms. The number of sulfone groups is 1. The van der Waals surface area contributed by atoms with Crippen molar-refractivity contribution in [3.8, 4) is 0 Å². The van der Waals surface area contributed by atoms with E-state index in [2.05, 4.69) is 10.1 Å². The Hall–Kier alpha value is -2.39. The van der Waals surface area contributed by atoms with Crippen LogP contribution in [0.2, 0.25) is 5.02 Å². The van der Waals surface area contributed by atoms with Gasteiger partial charge in [0.25, 0.3) is 0 Å². The number of rotatable bonds is 7. The number of benzene rings is 2. The van der Waals surface area contributed by atoms with Crippen molar-refractivity contribution in [2.75, 3.05) is 7.11 Å². The maximum atomic E-state index is 12.6. The Bertz CT molecular complexity index is 1250. The molecule has 3 atom stereocenters. The van der Waals surface area contributed by atoms with Crippen LogP contribution in [-0.2, 0) is 26.4 Å². The predicted octanol–water partition coefficient (Wildman–Crippen LogP) is 3.82. The molecule has 0 bridgehead atoms. The average molecular weight is 479 g/mol. The lowest BCUT2D eigenvalue weighted by Crippen LogP contribution is -2.28. The summed E-state index contributed by atoms with van der Waals surface area (Å²) in [7, 11) is -0.827. The zero-order chi connectivity index (χ0) is 23.8. The first kappa shape index (κ1) is 24.3. The second kappa shape index (κ2) is 9.23. The van der Waals surface area contributed by atoms with Crippen LogP contribution in [0.5, 0.6) is 0 Å². The van der Waals surface area contributed by atoms with E-state index >= 15 is 0 Å². The Kier molecular flexibility index (Phi) is 7.00. The first-order valence-electron chi connectivity index (χ1n) is 10.1. The van der Waals surface area contributed by atoms with E-state index in [1.165, 1.54) is 19.1 Å². The van der Waals surface area contributed by atoms with Crippen molar-refractivity contribution in [2.24, 2.45) is 7.05 Å². The van der Waals surface area contributed by atoms with E-state index in [9.17, 15) is 18.3 Å². The number of aryl methyl sites for hydroxylation is 2. The average Bonchev–Trinajstić information content (AvgIpc) is 3.09. The van der Waals surface area contributed by atoms with Crippen molar-refractivity contribution in [1.29, 1.82) is 0 Å². The van der Waals surface area contributed by atoms with Crippen LogP contribution >= 0.6 is 11.6 Å². The smallest absolute Gasteiger partial charge is 0.324 e. The van der Waals surface area contributed by atoms with Crippen molar-refractivity contribution < 1.29 is 23.1 Å². The highest BCUT2D eigenvalue weighted by Crippen LogP contribution is 2.31. The number of carbonyl (C=O) groups excluding carboxylic acids is 1. The summed E-state index contributed by atoms with van der Waals surface area (Å²) in [6.07, 6.45) is -0.971. The van der Waals surface area contributed by atoms with E-state index in [0.29, 0.717) is 10.7 Å². The van der Waals surface area contributed by atoms with E-state index in [4.69, 9.17) is 11.6 Å². The van der Waals surface area contributed by atoms with E-state index in [1.807, 2.05) is 43.7 Å². The number of hydrogen-bond donors (Lipinski definition) is 2. The number of nitrogens with one attached hydrogen (secondary N) is 1. The van der Waals surface area contributed by atoms with Gasteiger partial charge in [-0.05, 0) is 62.2 Å². The molecule has 0 spiro atoms. The number of nitrogens with zero attached hydrogens (tertiary/aromatic N) is 1. The highest BCUT2D eigenvalue weighted by Gasteiger charge is 2.30. The lowest BCUT2D eigenvalue weighted by Gasteiger charge is -2.20. The van der Waals surface area contributed by atoms with Gasteiger partial charge in [-0.1, -0.05) is 23.7 Å². The van der Waals surface area contributed by atoms with Crippen molar-refractivity contribution in [3.05, 3.63) is 64.3 Å². The van der Waals surface area contributed by atoms with Gasteiger partial charge >= 0.3 is 5.97 Å². The Labute approximate surface area is 192 Å². The molecule has 2 N–H and O–H groups in total. The van der Waals surface area contributed by atoms with Gasteiger partial charge in [-0.15, -0.1) is 0 Å². The standard InChI is InChI=1S/C23H27ClN2O5S/c1-13-10-19(24)18-12-21(26(4)20(18)11-13)22(27)25-14(2)16-6-8-17(9-7-16)32(29,30)15(3)23(28)31-5/h6-12,14-15,22,25,27H,1-5H3/t14-,15?,22?/m1/s1. The molecule has 0 fully saturated rings. The number of aliphatic hydroxyl groups excluding tert-OH is 1. The number of hydrogen-bond acceptors (Lipinski definition) is 6. The minimum atomic E-state index is -3.85. The number of methoxy groups -OCH3 is 1. The number of halogens is 1. The molecule has 0 saturated carbocycles. The zero-order valence-electron chi connectivity index (χ0n) is 18.6. The van der Waals surface area contributed by atoms with Crippen LogP contribution in [0.15, 0.2) is 47.4 Å². The zero-order valence-corrected chi connectivity index (χ0v) is 20.2. The third-order valence-corrected chi connectivity index (χ3v) is 8.05. The molecule has 3 rings (SSSR count). The van der Waals surface area contributed by atoms with Gasteiger partial charge in [-0.3, -0.25) is 10.1 Å².